The Morgan fingerprint density at radius 2 is 1.91 bits per heavy atom. The van der Waals surface area contributed by atoms with Crippen molar-refractivity contribution in [2.45, 2.75) is 6.92 Å². The highest BCUT2D eigenvalue weighted by Gasteiger charge is 2.09. The molecule has 3 rings (SSSR count). The summed E-state index contributed by atoms with van der Waals surface area (Å²) in [6.07, 6.45) is 1.63. The number of anilines is 1. The van der Waals surface area contributed by atoms with Crippen LogP contribution in [0.2, 0.25) is 0 Å². The smallest absolute Gasteiger partial charge is 0.269 e. The van der Waals surface area contributed by atoms with Gasteiger partial charge >= 0.3 is 0 Å². The molecule has 1 heterocycles. The fraction of sp³-hybridized carbons (Fsp3) is 0.0625. The lowest BCUT2D eigenvalue weighted by Gasteiger charge is -2.07. The van der Waals surface area contributed by atoms with Crippen LogP contribution in [0.1, 0.15) is 6.92 Å². The molecule has 3 aromatic rings. The molecule has 0 spiro atoms. The lowest BCUT2D eigenvalue weighted by molar-refractivity contribution is -0.384. The van der Waals surface area contributed by atoms with E-state index in [-0.39, 0.29) is 11.6 Å². The van der Waals surface area contributed by atoms with Crippen molar-refractivity contribution in [1.29, 1.82) is 0 Å². The number of nitro groups is 1. The summed E-state index contributed by atoms with van der Waals surface area (Å²) in [5.41, 5.74) is 2.02. The van der Waals surface area contributed by atoms with Crippen LogP contribution in [0.5, 0.6) is 0 Å². The maximum atomic E-state index is 11.2. The van der Waals surface area contributed by atoms with Gasteiger partial charge in [-0.25, -0.2) is 9.97 Å². The quantitative estimate of drug-likeness (QED) is 0.592. The lowest BCUT2D eigenvalue weighted by atomic mass is 10.1. The van der Waals surface area contributed by atoms with Gasteiger partial charge in [-0.2, -0.15) is 0 Å². The molecule has 0 fully saturated rings. The molecule has 1 N–H and O–H groups in total. The number of non-ortho nitro benzene ring substituents is 1. The SMILES string of the molecule is CC(=O)Nc1cccc2nc(-c3ccc([N+](=O)[O-])cc3)ncc12. The molecule has 23 heavy (non-hydrogen) atoms. The maximum absolute atomic E-state index is 11.2. The average molecular weight is 308 g/mol. The van der Waals surface area contributed by atoms with Crippen molar-refractivity contribution in [2.24, 2.45) is 0 Å². The number of hydrogen-bond acceptors (Lipinski definition) is 5. The predicted molar refractivity (Wildman–Crippen MR) is 85.9 cm³/mol. The monoisotopic (exact) mass is 308 g/mol. The largest absolute Gasteiger partial charge is 0.326 e. The minimum absolute atomic E-state index is 0.0162. The van der Waals surface area contributed by atoms with E-state index in [2.05, 4.69) is 15.3 Å². The molecule has 1 amide bonds. The first-order chi connectivity index (χ1) is 11.0. The minimum Gasteiger partial charge on any atom is -0.326 e. The second kappa shape index (κ2) is 5.80. The van der Waals surface area contributed by atoms with E-state index in [1.165, 1.54) is 19.1 Å². The molecule has 0 unspecified atom stereocenters. The van der Waals surface area contributed by atoms with Crippen LogP contribution >= 0.6 is 0 Å². The van der Waals surface area contributed by atoms with E-state index >= 15 is 0 Å². The first-order valence-electron chi connectivity index (χ1n) is 6.83. The number of nitrogens with zero attached hydrogens (tertiary/aromatic N) is 3. The fourth-order valence-corrected chi connectivity index (χ4v) is 2.22. The molecule has 2 aromatic carbocycles. The fourth-order valence-electron chi connectivity index (χ4n) is 2.22. The van der Waals surface area contributed by atoms with Crippen LogP contribution in [0.4, 0.5) is 11.4 Å². The van der Waals surface area contributed by atoms with Crippen LogP contribution in [-0.2, 0) is 4.79 Å². The number of carbonyl (C=O) groups is 1. The Morgan fingerprint density at radius 1 is 1.17 bits per heavy atom. The molecule has 7 nitrogen and oxygen atoms in total. The van der Waals surface area contributed by atoms with Crippen LogP contribution in [0.3, 0.4) is 0 Å². The molecule has 0 saturated heterocycles. The van der Waals surface area contributed by atoms with Crippen molar-refractivity contribution in [3.8, 4) is 11.4 Å². The van der Waals surface area contributed by atoms with Gasteiger partial charge in [0.05, 0.1) is 16.1 Å². The molecule has 0 bridgehead atoms. The van der Waals surface area contributed by atoms with Gasteiger partial charge in [0.25, 0.3) is 5.69 Å². The Morgan fingerprint density at radius 3 is 2.57 bits per heavy atom. The average Bonchev–Trinajstić information content (AvgIpc) is 2.54. The van der Waals surface area contributed by atoms with E-state index in [4.69, 9.17) is 0 Å². The van der Waals surface area contributed by atoms with Crippen molar-refractivity contribution in [1.82, 2.24) is 9.97 Å². The Kier molecular flexibility index (Phi) is 3.68. The molecule has 1 aromatic heterocycles. The van der Waals surface area contributed by atoms with Crippen molar-refractivity contribution in [2.75, 3.05) is 5.32 Å². The summed E-state index contributed by atoms with van der Waals surface area (Å²) in [5, 5.41) is 14.2. The van der Waals surface area contributed by atoms with Crippen molar-refractivity contribution in [3.05, 3.63) is 58.8 Å². The molecule has 0 radical (unpaired) electrons. The third kappa shape index (κ3) is 2.98. The standard InChI is InChI=1S/C16H12N4O3/c1-10(21)18-14-3-2-4-15-13(14)9-17-16(19-15)11-5-7-12(8-6-11)20(22)23/h2-9H,1H3,(H,18,21). The van der Waals surface area contributed by atoms with Crippen LogP contribution < -0.4 is 5.32 Å². The number of carbonyl (C=O) groups excluding carboxylic acids is 1. The van der Waals surface area contributed by atoms with Crippen molar-refractivity contribution in [3.63, 3.8) is 0 Å². The number of fused-ring (bicyclic) bond motifs is 1. The van der Waals surface area contributed by atoms with E-state index in [0.29, 0.717) is 22.6 Å². The van der Waals surface area contributed by atoms with Crippen LogP contribution in [-0.4, -0.2) is 20.8 Å². The van der Waals surface area contributed by atoms with Gasteiger partial charge in [0.2, 0.25) is 5.91 Å². The normalized spacial score (nSPS) is 10.5. The van der Waals surface area contributed by atoms with Gasteiger partial charge in [-0.05, 0) is 24.3 Å². The number of rotatable bonds is 3. The van der Waals surface area contributed by atoms with Gasteiger partial charge in [-0.3, -0.25) is 14.9 Å². The Hall–Kier alpha value is -3.35. The topological polar surface area (TPSA) is 98.0 Å². The summed E-state index contributed by atoms with van der Waals surface area (Å²) in [4.78, 5) is 30.2. The molecular formula is C16H12N4O3. The number of aromatic nitrogens is 2. The Balaban J connectivity index is 2.03. The zero-order valence-electron chi connectivity index (χ0n) is 12.2. The van der Waals surface area contributed by atoms with Crippen LogP contribution in [0.25, 0.3) is 22.3 Å². The molecule has 0 atom stereocenters. The van der Waals surface area contributed by atoms with E-state index in [1.54, 1.807) is 30.5 Å². The summed E-state index contributed by atoms with van der Waals surface area (Å²) >= 11 is 0. The second-order valence-electron chi connectivity index (χ2n) is 4.92. The number of nitro benzene ring substituents is 1. The molecular weight excluding hydrogens is 296 g/mol. The molecule has 0 saturated carbocycles. The summed E-state index contributed by atoms with van der Waals surface area (Å²) in [5.74, 6) is 0.296. The van der Waals surface area contributed by atoms with Crippen LogP contribution in [0.15, 0.2) is 48.7 Å². The molecule has 0 aliphatic carbocycles. The second-order valence-corrected chi connectivity index (χ2v) is 4.92. The first kappa shape index (κ1) is 14.6. The highest BCUT2D eigenvalue weighted by atomic mass is 16.6. The zero-order valence-corrected chi connectivity index (χ0v) is 12.2. The zero-order chi connectivity index (χ0) is 16.4. The maximum Gasteiger partial charge on any atom is 0.269 e. The van der Waals surface area contributed by atoms with Gasteiger partial charge < -0.3 is 5.32 Å². The van der Waals surface area contributed by atoms with E-state index < -0.39 is 4.92 Å². The van der Waals surface area contributed by atoms with Gasteiger partial charge in [-0.15, -0.1) is 0 Å². The van der Waals surface area contributed by atoms with Gasteiger partial charge in [0.1, 0.15) is 0 Å². The molecule has 0 aliphatic rings. The number of hydrogen-bond donors (Lipinski definition) is 1. The molecule has 0 aliphatic heterocycles. The Labute approximate surface area is 131 Å². The number of nitrogens with one attached hydrogen (secondary N) is 1. The summed E-state index contributed by atoms with van der Waals surface area (Å²) in [7, 11) is 0. The highest BCUT2D eigenvalue weighted by molar-refractivity contribution is 6.00. The highest BCUT2D eigenvalue weighted by Crippen LogP contribution is 2.25. The third-order valence-electron chi connectivity index (χ3n) is 3.27. The van der Waals surface area contributed by atoms with Gasteiger partial charge in [0.15, 0.2) is 5.82 Å². The number of benzene rings is 2. The minimum atomic E-state index is -0.454. The van der Waals surface area contributed by atoms with Crippen LogP contribution in [0, 0.1) is 10.1 Å². The van der Waals surface area contributed by atoms with E-state index in [0.717, 1.165) is 5.39 Å². The third-order valence-corrected chi connectivity index (χ3v) is 3.27. The van der Waals surface area contributed by atoms with Crippen molar-refractivity contribution >= 4 is 28.2 Å². The molecule has 114 valence electrons. The van der Waals surface area contributed by atoms with Gasteiger partial charge in [-0.1, -0.05) is 6.07 Å². The van der Waals surface area contributed by atoms with E-state index in [1.807, 2.05) is 6.07 Å². The first-order valence-corrected chi connectivity index (χ1v) is 6.83. The Bertz CT molecular complexity index is 907. The van der Waals surface area contributed by atoms with Gasteiger partial charge in [0, 0.05) is 36.2 Å². The summed E-state index contributed by atoms with van der Waals surface area (Å²) < 4.78 is 0. The summed E-state index contributed by atoms with van der Waals surface area (Å²) in [6, 6.07) is 11.4. The van der Waals surface area contributed by atoms with Crippen molar-refractivity contribution < 1.29 is 9.72 Å². The predicted octanol–water partition coefficient (Wildman–Crippen LogP) is 3.16. The lowest BCUT2D eigenvalue weighted by Crippen LogP contribution is -2.06. The number of amides is 1. The molecule has 7 heteroatoms. The summed E-state index contributed by atoms with van der Waals surface area (Å²) in [6.45, 7) is 1.44. The van der Waals surface area contributed by atoms with E-state index in [9.17, 15) is 14.9 Å².